The Morgan fingerprint density at radius 1 is 1.08 bits per heavy atom. The van der Waals surface area contributed by atoms with Gasteiger partial charge < -0.3 is 16.4 Å². The number of primary amides is 1. The first-order valence-corrected chi connectivity index (χ1v) is 12.1. The smallest absolute Gasteiger partial charge is 0.366 e. The Morgan fingerprint density at radius 3 is 2.44 bits per heavy atom. The van der Waals surface area contributed by atoms with Gasteiger partial charge >= 0.3 is 6.18 Å². The molecule has 3 rings (SSSR count). The molecule has 0 fully saturated rings. The SMILES string of the molecule is CCS(=O)(=O)Nc1nc(C)ncc1CNc1nc(Nc2cc(C(N)=O)ccc2C)ncc1C(F)(F)F. The quantitative estimate of drug-likeness (QED) is 0.329. The third kappa shape index (κ3) is 6.56. The second-order valence-corrected chi connectivity index (χ2v) is 9.63. The number of halogens is 3. The van der Waals surface area contributed by atoms with E-state index in [1.54, 1.807) is 19.9 Å². The molecule has 0 aliphatic heterocycles. The molecule has 2 aromatic heterocycles. The molecule has 3 aromatic rings. The van der Waals surface area contributed by atoms with Crippen LogP contribution < -0.4 is 21.1 Å². The molecule has 2 heterocycles. The Labute approximate surface area is 204 Å². The number of nitrogens with one attached hydrogen (secondary N) is 3. The molecule has 0 spiro atoms. The van der Waals surface area contributed by atoms with Crippen LogP contribution >= 0.6 is 0 Å². The van der Waals surface area contributed by atoms with E-state index in [-0.39, 0.29) is 41.0 Å². The number of sulfonamides is 1. The van der Waals surface area contributed by atoms with Gasteiger partial charge in [-0.15, -0.1) is 0 Å². The van der Waals surface area contributed by atoms with E-state index in [9.17, 15) is 26.4 Å². The summed E-state index contributed by atoms with van der Waals surface area (Å²) in [6.07, 6.45) is -2.87. The fraction of sp³-hybridized carbons (Fsp3) is 0.286. The van der Waals surface area contributed by atoms with Crippen LogP contribution in [0.1, 0.15) is 39.8 Å². The van der Waals surface area contributed by atoms with Crippen LogP contribution in [0.4, 0.5) is 36.4 Å². The highest BCUT2D eigenvalue weighted by Gasteiger charge is 2.35. The molecule has 15 heteroatoms. The number of nitrogens with zero attached hydrogens (tertiary/aromatic N) is 4. The van der Waals surface area contributed by atoms with Gasteiger partial charge in [-0.25, -0.2) is 23.4 Å². The van der Waals surface area contributed by atoms with Gasteiger partial charge in [-0.05, 0) is 38.5 Å². The van der Waals surface area contributed by atoms with E-state index in [1.165, 1.54) is 25.3 Å². The zero-order valence-corrected chi connectivity index (χ0v) is 20.3. The highest BCUT2D eigenvalue weighted by molar-refractivity contribution is 7.92. The summed E-state index contributed by atoms with van der Waals surface area (Å²) >= 11 is 0. The van der Waals surface area contributed by atoms with Gasteiger partial charge in [-0.2, -0.15) is 18.2 Å². The third-order valence-electron chi connectivity index (χ3n) is 4.93. The van der Waals surface area contributed by atoms with E-state index in [2.05, 4.69) is 35.3 Å². The Hall–Kier alpha value is -4.01. The van der Waals surface area contributed by atoms with Crippen molar-refractivity contribution in [2.24, 2.45) is 5.73 Å². The first-order chi connectivity index (χ1) is 16.8. The Kier molecular flexibility index (Phi) is 7.62. The summed E-state index contributed by atoms with van der Waals surface area (Å²) in [4.78, 5) is 27.2. The molecule has 0 atom stereocenters. The van der Waals surface area contributed by atoms with Crippen molar-refractivity contribution in [2.45, 2.75) is 33.5 Å². The predicted molar refractivity (Wildman–Crippen MR) is 127 cm³/mol. The minimum atomic E-state index is -4.78. The van der Waals surface area contributed by atoms with Crippen molar-refractivity contribution in [1.29, 1.82) is 0 Å². The lowest BCUT2D eigenvalue weighted by molar-refractivity contribution is -0.137. The summed E-state index contributed by atoms with van der Waals surface area (Å²) in [5.74, 6) is -1.43. The molecule has 0 bridgehead atoms. The highest BCUT2D eigenvalue weighted by Crippen LogP contribution is 2.34. The van der Waals surface area contributed by atoms with Crippen LogP contribution in [-0.4, -0.2) is 40.0 Å². The number of anilines is 4. The predicted octanol–water partition coefficient (Wildman–Crippen LogP) is 3.12. The van der Waals surface area contributed by atoms with E-state index < -0.39 is 33.5 Å². The zero-order valence-electron chi connectivity index (χ0n) is 19.4. The molecule has 0 saturated heterocycles. The van der Waals surface area contributed by atoms with E-state index in [4.69, 9.17) is 5.73 Å². The summed E-state index contributed by atoms with van der Waals surface area (Å²) in [6.45, 7) is 4.41. The summed E-state index contributed by atoms with van der Waals surface area (Å²) in [5.41, 5.74) is 5.59. The van der Waals surface area contributed by atoms with Gasteiger partial charge in [-0.1, -0.05) is 6.07 Å². The van der Waals surface area contributed by atoms with Gasteiger partial charge in [0.1, 0.15) is 23.0 Å². The average Bonchev–Trinajstić information content (AvgIpc) is 2.79. The minimum Gasteiger partial charge on any atom is -0.366 e. The topological polar surface area (TPSA) is 165 Å². The number of hydrogen-bond acceptors (Lipinski definition) is 9. The number of benzene rings is 1. The number of alkyl halides is 3. The van der Waals surface area contributed by atoms with Gasteiger partial charge in [0, 0.05) is 35.8 Å². The van der Waals surface area contributed by atoms with Crippen molar-refractivity contribution < 1.29 is 26.4 Å². The number of rotatable bonds is 9. The van der Waals surface area contributed by atoms with Crippen molar-refractivity contribution >= 4 is 39.2 Å². The average molecular weight is 525 g/mol. The Bertz CT molecular complexity index is 1400. The number of aryl methyl sites for hydroxylation is 2. The van der Waals surface area contributed by atoms with E-state index in [1.807, 2.05) is 0 Å². The number of nitrogens with two attached hydrogens (primary N) is 1. The summed E-state index contributed by atoms with van der Waals surface area (Å²) in [5, 5.41) is 5.36. The van der Waals surface area contributed by atoms with Crippen LogP contribution in [0.2, 0.25) is 0 Å². The normalized spacial score (nSPS) is 11.7. The van der Waals surface area contributed by atoms with Crippen molar-refractivity contribution in [2.75, 3.05) is 21.1 Å². The lowest BCUT2D eigenvalue weighted by atomic mass is 10.1. The standard InChI is InChI=1S/C21H23F3N8O3S/c1-4-36(34,35)32-18-14(8-26-12(3)29-18)9-27-19-15(21(22,23)24)10-28-20(31-19)30-16-7-13(17(25)33)6-5-11(16)2/h5-8,10H,4,9H2,1-3H3,(H2,25,33)(H,26,29,32)(H2,27,28,30,31). The fourth-order valence-corrected chi connectivity index (χ4v) is 3.54. The van der Waals surface area contributed by atoms with Crippen molar-refractivity contribution in [3.05, 3.63) is 58.7 Å². The highest BCUT2D eigenvalue weighted by atomic mass is 32.2. The van der Waals surface area contributed by atoms with Crippen LogP contribution in [-0.2, 0) is 22.7 Å². The van der Waals surface area contributed by atoms with Gasteiger partial charge in [0.25, 0.3) is 0 Å². The molecule has 1 aromatic carbocycles. The van der Waals surface area contributed by atoms with Gasteiger partial charge in [0.2, 0.25) is 21.9 Å². The van der Waals surface area contributed by atoms with Crippen LogP contribution in [0.5, 0.6) is 0 Å². The van der Waals surface area contributed by atoms with E-state index >= 15 is 0 Å². The molecule has 192 valence electrons. The number of amides is 1. The van der Waals surface area contributed by atoms with Crippen LogP contribution in [0.15, 0.2) is 30.6 Å². The molecule has 0 aliphatic carbocycles. The second-order valence-electron chi connectivity index (χ2n) is 7.62. The third-order valence-corrected chi connectivity index (χ3v) is 6.19. The summed E-state index contributed by atoms with van der Waals surface area (Å²) in [6, 6.07) is 4.56. The monoisotopic (exact) mass is 524 g/mol. The minimum absolute atomic E-state index is 0.0586. The molecule has 0 saturated carbocycles. The summed E-state index contributed by atoms with van der Waals surface area (Å²) < 4.78 is 67.2. The number of carbonyl (C=O) groups is 1. The maximum atomic E-state index is 13.6. The molecule has 0 unspecified atom stereocenters. The Balaban J connectivity index is 1.94. The van der Waals surface area contributed by atoms with Crippen molar-refractivity contribution in [1.82, 2.24) is 19.9 Å². The lowest BCUT2D eigenvalue weighted by Gasteiger charge is -2.17. The molecular weight excluding hydrogens is 501 g/mol. The Morgan fingerprint density at radius 2 is 1.81 bits per heavy atom. The van der Waals surface area contributed by atoms with E-state index in [0.717, 1.165) is 0 Å². The number of aromatic nitrogens is 4. The lowest BCUT2D eigenvalue weighted by Crippen LogP contribution is -2.19. The first-order valence-electron chi connectivity index (χ1n) is 10.5. The number of hydrogen-bond donors (Lipinski definition) is 4. The second kappa shape index (κ2) is 10.3. The van der Waals surface area contributed by atoms with Crippen LogP contribution in [0.25, 0.3) is 0 Å². The largest absolute Gasteiger partial charge is 0.421 e. The van der Waals surface area contributed by atoms with Crippen molar-refractivity contribution in [3.63, 3.8) is 0 Å². The molecule has 5 N–H and O–H groups in total. The van der Waals surface area contributed by atoms with Crippen molar-refractivity contribution in [3.8, 4) is 0 Å². The van der Waals surface area contributed by atoms with Crippen LogP contribution in [0, 0.1) is 13.8 Å². The summed E-state index contributed by atoms with van der Waals surface area (Å²) in [7, 11) is -3.70. The fourth-order valence-electron chi connectivity index (χ4n) is 2.93. The molecule has 36 heavy (non-hydrogen) atoms. The maximum Gasteiger partial charge on any atom is 0.421 e. The number of carbonyl (C=O) groups excluding carboxylic acids is 1. The van der Waals surface area contributed by atoms with Gasteiger partial charge in [-0.3, -0.25) is 9.52 Å². The molecule has 0 radical (unpaired) electrons. The molecule has 11 nitrogen and oxygen atoms in total. The van der Waals surface area contributed by atoms with Gasteiger partial charge in [0.15, 0.2) is 0 Å². The maximum absolute atomic E-state index is 13.6. The van der Waals surface area contributed by atoms with E-state index in [0.29, 0.717) is 17.4 Å². The molecule has 0 aliphatic rings. The van der Waals surface area contributed by atoms with Gasteiger partial charge in [0.05, 0.1) is 5.75 Å². The molecular formula is C21H23F3N8O3S. The van der Waals surface area contributed by atoms with Crippen LogP contribution in [0.3, 0.4) is 0 Å². The zero-order chi connectivity index (χ0) is 26.7. The molecule has 1 amide bonds. The first kappa shape index (κ1) is 26.6.